The SMILES string of the molecule is CC(CC(C)C(C)c1ccccc1)c1ccccc1. The van der Waals surface area contributed by atoms with Gasteiger partial charge in [0.05, 0.1) is 0 Å². The molecule has 0 amide bonds. The van der Waals surface area contributed by atoms with Crippen LogP contribution < -0.4 is 0 Å². The fourth-order valence-electron chi connectivity index (χ4n) is 2.76. The molecule has 0 aliphatic carbocycles. The van der Waals surface area contributed by atoms with Crippen LogP contribution in [0.2, 0.25) is 0 Å². The molecular weight excluding hydrogens is 228 g/mol. The maximum absolute atomic E-state index is 2.37. The minimum atomic E-state index is 0.618. The molecule has 2 aromatic carbocycles. The third-order valence-electron chi connectivity index (χ3n) is 4.27. The van der Waals surface area contributed by atoms with E-state index in [0.29, 0.717) is 17.8 Å². The van der Waals surface area contributed by atoms with Crippen LogP contribution in [0, 0.1) is 5.92 Å². The Hall–Kier alpha value is -1.56. The lowest BCUT2D eigenvalue weighted by Gasteiger charge is -2.24. The normalized spacial score (nSPS) is 15.7. The highest BCUT2D eigenvalue weighted by Gasteiger charge is 2.17. The highest BCUT2D eigenvalue weighted by Crippen LogP contribution is 2.32. The second-order valence-electron chi connectivity index (χ2n) is 5.72. The quantitative estimate of drug-likeness (QED) is 0.648. The zero-order valence-electron chi connectivity index (χ0n) is 12.2. The van der Waals surface area contributed by atoms with Crippen LogP contribution in [0.5, 0.6) is 0 Å². The highest BCUT2D eigenvalue weighted by molar-refractivity contribution is 5.21. The van der Waals surface area contributed by atoms with Crippen molar-refractivity contribution < 1.29 is 0 Å². The molecule has 2 rings (SSSR count). The molecule has 19 heavy (non-hydrogen) atoms. The molecule has 0 nitrogen and oxygen atoms in total. The van der Waals surface area contributed by atoms with Gasteiger partial charge in [-0.25, -0.2) is 0 Å². The van der Waals surface area contributed by atoms with Crippen molar-refractivity contribution in [3.8, 4) is 0 Å². The minimum absolute atomic E-state index is 0.618. The van der Waals surface area contributed by atoms with E-state index in [9.17, 15) is 0 Å². The maximum Gasteiger partial charge on any atom is -0.0164 e. The van der Waals surface area contributed by atoms with Gasteiger partial charge in [0.25, 0.3) is 0 Å². The van der Waals surface area contributed by atoms with Crippen molar-refractivity contribution in [1.29, 1.82) is 0 Å². The molecule has 100 valence electrons. The number of hydrogen-bond acceptors (Lipinski definition) is 0. The standard InChI is InChI=1S/C19H24/c1-15(17(3)19-12-8-5-9-13-19)14-16(2)18-10-6-4-7-11-18/h4-13,15-17H,14H2,1-3H3. The lowest BCUT2D eigenvalue weighted by Crippen LogP contribution is -2.09. The van der Waals surface area contributed by atoms with Gasteiger partial charge in [-0.15, -0.1) is 0 Å². The van der Waals surface area contributed by atoms with Crippen LogP contribution in [-0.2, 0) is 0 Å². The van der Waals surface area contributed by atoms with Crippen molar-refractivity contribution in [3.05, 3.63) is 71.8 Å². The summed E-state index contributed by atoms with van der Waals surface area (Å²) in [5, 5.41) is 0. The lowest BCUT2D eigenvalue weighted by atomic mass is 9.81. The lowest BCUT2D eigenvalue weighted by molar-refractivity contribution is 0.421. The predicted molar refractivity (Wildman–Crippen MR) is 83.5 cm³/mol. The van der Waals surface area contributed by atoms with E-state index in [2.05, 4.69) is 81.4 Å². The molecule has 0 aliphatic rings. The zero-order chi connectivity index (χ0) is 13.7. The van der Waals surface area contributed by atoms with Crippen molar-refractivity contribution in [1.82, 2.24) is 0 Å². The molecule has 3 unspecified atom stereocenters. The van der Waals surface area contributed by atoms with E-state index in [-0.39, 0.29) is 0 Å². The third kappa shape index (κ3) is 3.70. The molecule has 0 spiro atoms. The topological polar surface area (TPSA) is 0 Å². The van der Waals surface area contributed by atoms with Crippen LogP contribution in [0.1, 0.15) is 50.2 Å². The van der Waals surface area contributed by atoms with Gasteiger partial charge < -0.3 is 0 Å². The Bertz CT molecular complexity index is 472. The van der Waals surface area contributed by atoms with E-state index in [1.54, 1.807) is 0 Å². The van der Waals surface area contributed by atoms with Gasteiger partial charge in [0.2, 0.25) is 0 Å². The Kier molecular flexibility index (Phi) is 4.79. The average molecular weight is 252 g/mol. The van der Waals surface area contributed by atoms with Crippen molar-refractivity contribution in [2.24, 2.45) is 5.92 Å². The summed E-state index contributed by atoms with van der Waals surface area (Å²) in [5.41, 5.74) is 2.91. The van der Waals surface area contributed by atoms with Crippen LogP contribution in [0.15, 0.2) is 60.7 Å². The number of benzene rings is 2. The van der Waals surface area contributed by atoms with Crippen molar-refractivity contribution >= 4 is 0 Å². The monoisotopic (exact) mass is 252 g/mol. The molecule has 0 radical (unpaired) electrons. The first kappa shape index (κ1) is 13.9. The maximum atomic E-state index is 2.37. The molecular formula is C19H24. The van der Waals surface area contributed by atoms with Crippen LogP contribution in [0.3, 0.4) is 0 Å². The van der Waals surface area contributed by atoms with Crippen LogP contribution in [0.4, 0.5) is 0 Å². The first-order valence-corrected chi connectivity index (χ1v) is 7.28. The summed E-state index contributed by atoms with van der Waals surface area (Å²) in [6.07, 6.45) is 1.24. The van der Waals surface area contributed by atoms with Gasteiger partial charge in [0, 0.05) is 0 Å². The first-order chi connectivity index (χ1) is 9.18. The molecule has 0 saturated carbocycles. The molecule has 0 fully saturated rings. The predicted octanol–water partition coefficient (Wildman–Crippen LogP) is 5.62. The van der Waals surface area contributed by atoms with Gasteiger partial charge in [0.15, 0.2) is 0 Å². The molecule has 0 aromatic heterocycles. The smallest absolute Gasteiger partial charge is 0.0164 e. The van der Waals surface area contributed by atoms with Gasteiger partial charge in [-0.1, -0.05) is 81.4 Å². The summed E-state index contributed by atoms with van der Waals surface area (Å²) in [6.45, 7) is 7.05. The summed E-state index contributed by atoms with van der Waals surface area (Å²) in [5.74, 6) is 1.94. The van der Waals surface area contributed by atoms with Crippen molar-refractivity contribution in [2.75, 3.05) is 0 Å². The van der Waals surface area contributed by atoms with Gasteiger partial charge in [-0.05, 0) is 35.3 Å². The molecule has 0 heterocycles. The van der Waals surface area contributed by atoms with Crippen LogP contribution in [0.25, 0.3) is 0 Å². The Balaban J connectivity index is 1.99. The Morgan fingerprint density at radius 1 is 0.684 bits per heavy atom. The molecule has 3 atom stereocenters. The molecule has 2 aromatic rings. The summed E-state index contributed by atoms with van der Waals surface area (Å²) in [7, 11) is 0. The fraction of sp³-hybridized carbons (Fsp3) is 0.368. The van der Waals surface area contributed by atoms with Gasteiger partial charge in [-0.3, -0.25) is 0 Å². The zero-order valence-corrected chi connectivity index (χ0v) is 12.2. The highest BCUT2D eigenvalue weighted by atomic mass is 14.2. The second-order valence-corrected chi connectivity index (χ2v) is 5.72. The van der Waals surface area contributed by atoms with Crippen LogP contribution >= 0.6 is 0 Å². The van der Waals surface area contributed by atoms with E-state index in [0.717, 1.165) is 0 Å². The summed E-state index contributed by atoms with van der Waals surface area (Å²) in [4.78, 5) is 0. The Morgan fingerprint density at radius 3 is 1.68 bits per heavy atom. The van der Waals surface area contributed by atoms with E-state index < -0.39 is 0 Å². The number of hydrogen-bond donors (Lipinski definition) is 0. The van der Waals surface area contributed by atoms with E-state index in [1.807, 2.05) is 0 Å². The van der Waals surface area contributed by atoms with Gasteiger partial charge >= 0.3 is 0 Å². The Morgan fingerprint density at radius 2 is 1.16 bits per heavy atom. The van der Waals surface area contributed by atoms with E-state index in [4.69, 9.17) is 0 Å². The van der Waals surface area contributed by atoms with E-state index in [1.165, 1.54) is 17.5 Å². The van der Waals surface area contributed by atoms with Crippen molar-refractivity contribution in [3.63, 3.8) is 0 Å². The molecule has 0 saturated heterocycles. The number of rotatable bonds is 5. The van der Waals surface area contributed by atoms with Crippen LogP contribution in [-0.4, -0.2) is 0 Å². The van der Waals surface area contributed by atoms with E-state index >= 15 is 0 Å². The summed E-state index contributed by atoms with van der Waals surface area (Å²) in [6, 6.07) is 21.7. The van der Waals surface area contributed by atoms with Gasteiger partial charge in [-0.2, -0.15) is 0 Å². The molecule has 0 N–H and O–H groups in total. The molecule has 0 aliphatic heterocycles. The minimum Gasteiger partial charge on any atom is -0.0622 e. The average Bonchev–Trinajstić information content (AvgIpc) is 2.48. The van der Waals surface area contributed by atoms with Gasteiger partial charge in [0.1, 0.15) is 0 Å². The largest absolute Gasteiger partial charge is 0.0622 e. The molecule has 0 heteroatoms. The Labute approximate surface area is 117 Å². The summed E-state index contributed by atoms with van der Waals surface area (Å²) >= 11 is 0. The fourth-order valence-corrected chi connectivity index (χ4v) is 2.76. The van der Waals surface area contributed by atoms with Crippen molar-refractivity contribution in [2.45, 2.75) is 39.0 Å². The third-order valence-corrected chi connectivity index (χ3v) is 4.27. The first-order valence-electron chi connectivity index (χ1n) is 7.28. The second kappa shape index (κ2) is 6.56. The summed E-state index contributed by atoms with van der Waals surface area (Å²) < 4.78 is 0. The molecule has 0 bridgehead atoms.